The van der Waals surface area contributed by atoms with Crippen molar-refractivity contribution in [1.82, 2.24) is 14.9 Å². The molecule has 0 radical (unpaired) electrons. The van der Waals surface area contributed by atoms with E-state index in [1.54, 1.807) is 25.3 Å². The molecule has 1 fully saturated rings. The lowest BCUT2D eigenvalue weighted by atomic mass is 10.2. The first-order chi connectivity index (χ1) is 9.58. The van der Waals surface area contributed by atoms with E-state index in [2.05, 4.69) is 9.97 Å². The molecule has 1 amide bonds. The minimum atomic E-state index is 0.0758. The molecule has 1 aliphatic carbocycles. The van der Waals surface area contributed by atoms with Crippen LogP contribution in [0.25, 0.3) is 10.2 Å². The molecule has 2 aromatic rings. The predicted molar refractivity (Wildman–Crippen MR) is 83.8 cm³/mol. The van der Waals surface area contributed by atoms with E-state index in [4.69, 9.17) is 11.6 Å². The van der Waals surface area contributed by atoms with Crippen LogP contribution in [0.5, 0.6) is 0 Å². The topological polar surface area (TPSA) is 46.1 Å². The van der Waals surface area contributed by atoms with Gasteiger partial charge in [-0.2, -0.15) is 0 Å². The molecule has 3 rings (SSSR count). The molecule has 2 aromatic heterocycles. The van der Waals surface area contributed by atoms with Crippen LogP contribution >= 0.6 is 34.7 Å². The van der Waals surface area contributed by atoms with Gasteiger partial charge < -0.3 is 4.90 Å². The number of nitrogens with zero attached hydrogens (tertiary/aromatic N) is 3. The van der Waals surface area contributed by atoms with E-state index in [0.717, 1.165) is 19.6 Å². The largest absolute Gasteiger partial charge is 0.348 e. The standard InChI is InChI=1S/C13H14ClN3OS2/c1-17(2)8(18)5-19-13-11-10(15-6-16-13)9(7-3-4-7)12(14)20-11/h6-7H,3-5H2,1-2H3. The Balaban J connectivity index is 1.92. The zero-order valence-electron chi connectivity index (χ0n) is 11.2. The highest BCUT2D eigenvalue weighted by Crippen LogP contribution is 2.50. The second-order valence-electron chi connectivity index (χ2n) is 5.00. The number of carbonyl (C=O) groups is 1. The van der Waals surface area contributed by atoms with Crippen LogP contribution < -0.4 is 0 Å². The number of hydrogen-bond acceptors (Lipinski definition) is 5. The molecule has 2 heterocycles. The lowest BCUT2D eigenvalue weighted by Crippen LogP contribution is -2.23. The number of rotatable bonds is 4. The Kier molecular flexibility index (Phi) is 3.88. The molecule has 0 aliphatic heterocycles. The van der Waals surface area contributed by atoms with Gasteiger partial charge in [-0.15, -0.1) is 11.3 Å². The van der Waals surface area contributed by atoms with Crippen LogP contribution in [0.2, 0.25) is 4.34 Å². The van der Waals surface area contributed by atoms with Crippen molar-refractivity contribution in [3.05, 3.63) is 16.2 Å². The summed E-state index contributed by atoms with van der Waals surface area (Å²) >= 11 is 9.33. The van der Waals surface area contributed by atoms with Gasteiger partial charge in [0, 0.05) is 19.7 Å². The maximum absolute atomic E-state index is 11.7. The van der Waals surface area contributed by atoms with Crippen LogP contribution in [0.15, 0.2) is 11.4 Å². The first-order valence-corrected chi connectivity index (χ1v) is 8.51. The fourth-order valence-corrected chi connectivity index (χ4v) is 4.56. The SMILES string of the molecule is CN(C)C(=O)CSc1ncnc2c(C3CC3)c(Cl)sc12. The molecule has 20 heavy (non-hydrogen) atoms. The van der Waals surface area contributed by atoms with Crippen LogP contribution in [-0.4, -0.2) is 40.6 Å². The van der Waals surface area contributed by atoms with Crippen molar-refractivity contribution in [3.8, 4) is 0 Å². The quantitative estimate of drug-likeness (QED) is 0.638. The first-order valence-electron chi connectivity index (χ1n) is 6.33. The molecule has 106 valence electrons. The van der Waals surface area contributed by atoms with E-state index in [0.29, 0.717) is 11.7 Å². The Labute approximate surface area is 130 Å². The molecule has 1 aliphatic rings. The normalized spacial score (nSPS) is 14.8. The molecular formula is C13H14ClN3OS2. The lowest BCUT2D eigenvalue weighted by Gasteiger charge is -2.09. The number of thiophene rings is 1. The fraction of sp³-hybridized carbons (Fsp3) is 0.462. The zero-order valence-corrected chi connectivity index (χ0v) is 13.6. The van der Waals surface area contributed by atoms with Crippen molar-refractivity contribution in [2.45, 2.75) is 23.8 Å². The maximum Gasteiger partial charge on any atom is 0.232 e. The Bertz CT molecular complexity index is 667. The van der Waals surface area contributed by atoms with E-state index in [9.17, 15) is 4.79 Å². The van der Waals surface area contributed by atoms with Gasteiger partial charge >= 0.3 is 0 Å². The van der Waals surface area contributed by atoms with Gasteiger partial charge in [0.25, 0.3) is 0 Å². The molecule has 1 saturated carbocycles. The van der Waals surface area contributed by atoms with E-state index >= 15 is 0 Å². The monoisotopic (exact) mass is 327 g/mol. The van der Waals surface area contributed by atoms with Crippen LogP contribution in [0, 0.1) is 0 Å². The van der Waals surface area contributed by atoms with Crippen molar-refractivity contribution in [1.29, 1.82) is 0 Å². The van der Waals surface area contributed by atoms with E-state index in [-0.39, 0.29) is 5.91 Å². The van der Waals surface area contributed by atoms with Gasteiger partial charge in [0.05, 0.1) is 20.3 Å². The average Bonchev–Trinajstić information content (AvgIpc) is 3.18. The van der Waals surface area contributed by atoms with Crippen LogP contribution in [0.1, 0.15) is 24.3 Å². The number of thioether (sulfide) groups is 1. The average molecular weight is 328 g/mol. The number of carbonyl (C=O) groups excluding carboxylic acids is 1. The Hall–Kier alpha value is -0.850. The van der Waals surface area contributed by atoms with Gasteiger partial charge in [0.15, 0.2) is 0 Å². The smallest absolute Gasteiger partial charge is 0.232 e. The van der Waals surface area contributed by atoms with Crippen molar-refractivity contribution in [3.63, 3.8) is 0 Å². The second-order valence-corrected chi connectivity index (χ2v) is 7.58. The molecule has 0 aromatic carbocycles. The highest BCUT2D eigenvalue weighted by molar-refractivity contribution is 8.00. The molecule has 0 spiro atoms. The molecule has 0 atom stereocenters. The van der Waals surface area contributed by atoms with Gasteiger partial charge in [-0.3, -0.25) is 4.79 Å². The summed E-state index contributed by atoms with van der Waals surface area (Å²) in [6, 6.07) is 0. The number of hydrogen-bond donors (Lipinski definition) is 0. The van der Waals surface area contributed by atoms with Gasteiger partial charge in [0.1, 0.15) is 11.4 Å². The lowest BCUT2D eigenvalue weighted by molar-refractivity contribution is -0.125. The van der Waals surface area contributed by atoms with Gasteiger partial charge in [-0.05, 0) is 18.8 Å². The van der Waals surface area contributed by atoms with E-state index < -0.39 is 0 Å². The zero-order chi connectivity index (χ0) is 14.3. The first kappa shape index (κ1) is 14.1. The molecular weight excluding hydrogens is 314 g/mol. The number of fused-ring (bicyclic) bond motifs is 1. The third kappa shape index (κ3) is 2.64. The summed E-state index contributed by atoms with van der Waals surface area (Å²) in [5.74, 6) is 1.02. The summed E-state index contributed by atoms with van der Waals surface area (Å²) in [5, 5.41) is 0.851. The van der Waals surface area contributed by atoms with Crippen molar-refractivity contribution >= 4 is 50.8 Å². The molecule has 0 N–H and O–H groups in total. The van der Waals surface area contributed by atoms with E-state index in [1.165, 1.54) is 41.5 Å². The number of aromatic nitrogens is 2. The summed E-state index contributed by atoms with van der Waals surface area (Å²) < 4.78 is 1.83. The minimum Gasteiger partial charge on any atom is -0.348 e. The number of halogens is 1. The summed E-state index contributed by atoms with van der Waals surface area (Å²) in [6.45, 7) is 0. The summed E-state index contributed by atoms with van der Waals surface area (Å²) in [6.07, 6.45) is 3.95. The summed E-state index contributed by atoms with van der Waals surface area (Å²) in [5.41, 5.74) is 2.15. The highest BCUT2D eigenvalue weighted by atomic mass is 35.5. The number of amides is 1. The third-order valence-electron chi connectivity index (χ3n) is 3.25. The van der Waals surface area contributed by atoms with E-state index in [1.807, 2.05) is 0 Å². The van der Waals surface area contributed by atoms with Gasteiger partial charge in [-0.25, -0.2) is 9.97 Å². The second kappa shape index (κ2) is 5.50. The van der Waals surface area contributed by atoms with Crippen LogP contribution in [0.4, 0.5) is 0 Å². The van der Waals surface area contributed by atoms with Crippen LogP contribution in [-0.2, 0) is 4.79 Å². The third-order valence-corrected chi connectivity index (χ3v) is 5.77. The maximum atomic E-state index is 11.7. The van der Waals surface area contributed by atoms with Gasteiger partial charge in [-0.1, -0.05) is 23.4 Å². The molecule has 7 heteroatoms. The molecule has 0 unspecified atom stereocenters. The fourth-order valence-electron chi connectivity index (χ4n) is 1.97. The minimum absolute atomic E-state index is 0.0758. The van der Waals surface area contributed by atoms with Gasteiger partial charge in [0.2, 0.25) is 5.91 Å². The Morgan fingerprint density at radius 3 is 2.90 bits per heavy atom. The Morgan fingerprint density at radius 2 is 2.25 bits per heavy atom. The van der Waals surface area contributed by atoms with Crippen molar-refractivity contribution in [2.24, 2.45) is 0 Å². The van der Waals surface area contributed by atoms with Crippen molar-refractivity contribution in [2.75, 3.05) is 19.8 Å². The summed E-state index contributed by atoms with van der Waals surface area (Å²) in [7, 11) is 3.51. The van der Waals surface area contributed by atoms with Crippen LogP contribution in [0.3, 0.4) is 0 Å². The highest BCUT2D eigenvalue weighted by Gasteiger charge is 2.30. The molecule has 0 saturated heterocycles. The molecule has 4 nitrogen and oxygen atoms in total. The predicted octanol–water partition coefficient (Wildman–Crippen LogP) is 3.40. The van der Waals surface area contributed by atoms with Crippen molar-refractivity contribution < 1.29 is 4.79 Å². The molecule has 0 bridgehead atoms. The summed E-state index contributed by atoms with van der Waals surface area (Å²) in [4.78, 5) is 22.0. The Morgan fingerprint density at radius 1 is 1.50 bits per heavy atom.